The van der Waals surface area contributed by atoms with Crippen LogP contribution >= 0.6 is 11.5 Å². The van der Waals surface area contributed by atoms with Gasteiger partial charge in [0.05, 0.1) is 17.9 Å². The average molecular weight is 307 g/mol. The molecule has 0 saturated carbocycles. The lowest BCUT2D eigenvalue weighted by molar-refractivity contribution is -0.0548. The summed E-state index contributed by atoms with van der Waals surface area (Å²) in [4.78, 5) is 6.92. The molecule has 2 atom stereocenters. The minimum atomic E-state index is -0.120. The number of nitrogens with two attached hydrogens (primary N) is 1. The zero-order valence-corrected chi connectivity index (χ0v) is 12.6. The van der Waals surface area contributed by atoms with E-state index in [-0.39, 0.29) is 6.10 Å². The molecule has 2 unspecified atom stereocenters. The number of hydrogen-bond acceptors (Lipinski definition) is 8. The Balaban J connectivity index is 1.57. The Bertz CT molecular complexity index is 635. The molecular weight excluding hydrogens is 290 g/mol. The second kappa shape index (κ2) is 5.04. The fraction of sp³-hybridized carbons (Fsp3) is 0.615. The second-order valence-corrected chi connectivity index (χ2v) is 6.38. The first-order valence-corrected chi connectivity index (χ1v) is 7.91. The smallest absolute Gasteiger partial charge is 0.262 e. The van der Waals surface area contributed by atoms with Gasteiger partial charge in [0.2, 0.25) is 5.82 Å². The van der Waals surface area contributed by atoms with Crippen LogP contribution in [0.3, 0.4) is 0 Å². The molecule has 112 valence electrons. The molecule has 2 aromatic rings. The predicted molar refractivity (Wildman–Crippen MR) is 77.8 cm³/mol. The highest BCUT2D eigenvalue weighted by molar-refractivity contribution is 7.10. The zero-order valence-electron chi connectivity index (χ0n) is 11.8. The summed E-state index contributed by atoms with van der Waals surface area (Å²) >= 11 is 1.24. The Morgan fingerprint density at radius 1 is 1.43 bits per heavy atom. The molecular formula is C13H17N5O2S. The number of fused-ring (bicyclic) bond motifs is 1. The van der Waals surface area contributed by atoms with Gasteiger partial charge in [-0.15, -0.1) is 0 Å². The van der Waals surface area contributed by atoms with Crippen molar-refractivity contribution in [3.63, 3.8) is 0 Å². The van der Waals surface area contributed by atoms with Gasteiger partial charge in [0.1, 0.15) is 11.1 Å². The Kier molecular flexibility index (Phi) is 3.16. The van der Waals surface area contributed by atoms with Gasteiger partial charge in [-0.1, -0.05) is 5.16 Å². The zero-order chi connectivity index (χ0) is 14.4. The molecule has 2 aromatic heterocycles. The topological polar surface area (TPSA) is 90.3 Å². The minimum absolute atomic E-state index is 0.120. The molecule has 4 heterocycles. The van der Waals surface area contributed by atoms with Gasteiger partial charge in [-0.2, -0.15) is 9.36 Å². The number of anilines is 1. The van der Waals surface area contributed by atoms with Crippen LogP contribution in [0.15, 0.2) is 4.52 Å². The molecule has 2 aliphatic heterocycles. The van der Waals surface area contributed by atoms with Crippen LogP contribution in [0.2, 0.25) is 0 Å². The highest BCUT2D eigenvalue weighted by Gasteiger charge is 2.35. The number of aromatic nitrogens is 3. The number of ether oxygens (including phenoxy) is 1. The third-order valence-electron chi connectivity index (χ3n) is 4.22. The molecule has 0 radical (unpaired) electrons. The van der Waals surface area contributed by atoms with Crippen molar-refractivity contribution >= 4 is 16.5 Å². The highest BCUT2D eigenvalue weighted by atomic mass is 32.1. The molecule has 2 N–H and O–H groups in total. The van der Waals surface area contributed by atoms with Gasteiger partial charge < -0.3 is 15.0 Å². The summed E-state index contributed by atoms with van der Waals surface area (Å²) in [6.07, 6.45) is 2.35. The molecule has 0 amide bonds. The molecule has 2 saturated heterocycles. The van der Waals surface area contributed by atoms with Gasteiger partial charge in [-0.25, -0.2) is 0 Å². The van der Waals surface area contributed by atoms with E-state index >= 15 is 0 Å². The first-order valence-electron chi connectivity index (χ1n) is 7.13. The molecule has 2 aliphatic rings. The Hall–Kier alpha value is -1.51. The number of nitrogens with zero attached hydrogens (tertiary/aromatic N) is 4. The van der Waals surface area contributed by atoms with Gasteiger partial charge >= 0.3 is 0 Å². The molecule has 0 bridgehead atoms. The molecule has 0 aliphatic carbocycles. The van der Waals surface area contributed by atoms with Gasteiger partial charge in [0.15, 0.2) is 0 Å². The van der Waals surface area contributed by atoms with Crippen LogP contribution in [0.25, 0.3) is 11.5 Å². The number of aryl methyl sites for hydroxylation is 1. The summed E-state index contributed by atoms with van der Waals surface area (Å²) in [6, 6.07) is 0.562. The molecule has 8 heteroatoms. The average Bonchev–Trinajstić information content (AvgIpc) is 3.18. The monoisotopic (exact) mass is 307 g/mol. The van der Waals surface area contributed by atoms with Crippen molar-refractivity contribution in [2.24, 2.45) is 0 Å². The standard InChI is InChI=1S/C13H17N5O2S/c1-7-10(11(14)21-17-7)13-15-12(16-20-13)9-5-18-4-2-3-8(18)6-19-9/h8-9H,2-6,14H2,1H3. The van der Waals surface area contributed by atoms with Gasteiger partial charge in [0.25, 0.3) is 5.89 Å². The summed E-state index contributed by atoms with van der Waals surface area (Å²) in [5.74, 6) is 1.03. The molecule has 4 rings (SSSR count). The van der Waals surface area contributed by atoms with E-state index in [1.54, 1.807) is 0 Å². The van der Waals surface area contributed by atoms with Crippen molar-refractivity contribution in [1.29, 1.82) is 0 Å². The van der Waals surface area contributed by atoms with E-state index in [0.29, 0.717) is 22.8 Å². The van der Waals surface area contributed by atoms with Crippen molar-refractivity contribution < 1.29 is 9.26 Å². The van der Waals surface area contributed by atoms with E-state index < -0.39 is 0 Å². The Morgan fingerprint density at radius 2 is 2.33 bits per heavy atom. The van der Waals surface area contributed by atoms with Crippen molar-refractivity contribution in [2.45, 2.75) is 31.9 Å². The van der Waals surface area contributed by atoms with E-state index in [0.717, 1.165) is 31.0 Å². The maximum absolute atomic E-state index is 5.92. The first-order chi connectivity index (χ1) is 10.2. The fourth-order valence-electron chi connectivity index (χ4n) is 3.09. The van der Waals surface area contributed by atoms with Gasteiger partial charge in [0, 0.05) is 12.6 Å². The fourth-order valence-corrected chi connectivity index (χ4v) is 3.74. The summed E-state index contributed by atoms with van der Waals surface area (Å²) in [5.41, 5.74) is 7.48. The van der Waals surface area contributed by atoms with Crippen LogP contribution in [-0.4, -0.2) is 45.2 Å². The summed E-state index contributed by atoms with van der Waals surface area (Å²) in [7, 11) is 0. The normalized spacial score (nSPS) is 26.1. The quantitative estimate of drug-likeness (QED) is 0.901. The van der Waals surface area contributed by atoms with Crippen LogP contribution in [0.5, 0.6) is 0 Å². The van der Waals surface area contributed by atoms with Crippen LogP contribution in [0.1, 0.15) is 30.5 Å². The lowest BCUT2D eigenvalue weighted by Gasteiger charge is -2.33. The summed E-state index contributed by atoms with van der Waals surface area (Å²) < 4.78 is 15.5. The number of morpholine rings is 1. The Labute approximate surface area is 126 Å². The van der Waals surface area contributed by atoms with Crippen LogP contribution in [0, 0.1) is 6.92 Å². The third-order valence-corrected chi connectivity index (χ3v) is 4.99. The van der Waals surface area contributed by atoms with Crippen molar-refractivity contribution in [2.75, 3.05) is 25.4 Å². The van der Waals surface area contributed by atoms with Gasteiger partial charge in [-0.3, -0.25) is 4.90 Å². The van der Waals surface area contributed by atoms with E-state index in [1.165, 1.54) is 24.4 Å². The number of nitrogen functional groups attached to an aromatic ring is 1. The van der Waals surface area contributed by atoms with Crippen LogP contribution < -0.4 is 5.73 Å². The van der Waals surface area contributed by atoms with Crippen LogP contribution in [-0.2, 0) is 4.74 Å². The van der Waals surface area contributed by atoms with Crippen molar-refractivity contribution in [3.05, 3.63) is 11.5 Å². The molecule has 7 nitrogen and oxygen atoms in total. The summed E-state index contributed by atoms with van der Waals surface area (Å²) in [6.45, 7) is 4.60. The first kappa shape index (κ1) is 13.2. The third kappa shape index (κ3) is 2.23. The molecule has 0 spiro atoms. The van der Waals surface area contributed by atoms with Crippen molar-refractivity contribution in [3.8, 4) is 11.5 Å². The molecule has 2 fully saturated rings. The van der Waals surface area contributed by atoms with E-state index in [4.69, 9.17) is 15.0 Å². The number of rotatable bonds is 2. The maximum atomic E-state index is 5.92. The molecule has 0 aromatic carbocycles. The predicted octanol–water partition coefficient (Wildman–Crippen LogP) is 1.62. The lowest BCUT2D eigenvalue weighted by Crippen LogP contribution is -2.42. The SMILES string of the molecule is Cc1nsc(N)c1-c1nc(C2CN3CCCC3CO2)no1. The maximum Gasteiger partial charge on any atom is 0.262 e. The highest BCUT2D eigenvalue weighted by Crippen LogP contribution is 2.33. The van der Waals surface area contributed by atoms with E-state index in [9.17, 15) is 0 Å². The van der Waals surface area contributed by atoms with E-state index in [1.807, 2.05) is 6.92 Å². The van der Waals surface area contributed by atoms with Crippen LogP contribution in [0.4, 0.5) is 5.00 Å². The number of hydrogen-bond donors (Lipinski definition) is 1. The minimum Gasteiger partial charge on any atom is -0.389 e. The second-order valence-electron chi connectivity index (χ2n) is 5.58. The Morgan fingerprint density at radius 3 is 3.14 bits per heavy atom. The largest absolute Gasteiger partial charge is 0.389 e. The molecule has 21 heavy (non-hydrogen) atoms. The summed E-state index contributed by atoms with van der Waals surface area (Å²) in [5, 5.41) is 4.68. The lowest BCUT2D eigenvalue weighted by atomic mass is 10.2. The van der Waals surface area contributed by atoms with E-state index in [2.05, 4.69) is 19.4 Å². The van der Waals surface area contributed by atoms with Gasteiger partial charge in [-0.05, 0) is 37.8 Å². The van der Waals surface area contributed by atoms with Crippen molar-refractivity contribution in [1.82, 2.24) is 19.4 Å².